The zero-order valence-corrected chi connectivity index (χ0v) is 10.8. The lowest BCUT2D eigenvalue weighted by Gasteiger charge is -2.32. The highest BCUT2D eigenvalue weighted by Crippen LogP contribution is 2.22. The van der Waals surface area contributed by atoms with Crippen molar-refractivity contribution in [2.75, 3.05) is 25.1 Å². The highest BCUT2D eigenvalue weighted by atomic mass is 35.5. The van der Waals surface area contributed by atoms with Crippen molar-refractivity contribution in [2.45, 2.75) is 25.5 Å². The summed E-state index contributed by atoms with van der Waals surface area (Å²) in [6.45, 7) is 2.31. The second-order valence-electron chi connectivity index (χ2n) is 4.22. The molecule has 1 aliphatic rings. The predicted octanol–water partition coefficient (Wildman–Crippen LogP) is 1.81. The number of methoxy groups -OCH3 is 1. The molecule has 1 aromatic rings. The van der Waals surface area contributed by atoms with Crippen LogP contribution in [0.5, 0.6) is 0 Å². The number of anilines is 1. The van der Waals surface area contributed by atoms with E-state index in [0.717, 1.165) is 37.4 Å². The van der Waals surface area contributed by atoms with Gasteiger partial charge in [-0.25, -0.2) is 4.98 Å². The fraction of sp³-hybridized carbons (Fsp3) is 0.583. The Kier molecular flexibility index (Phi) is 4.20. The molecule has 0 saturated carbocycles. The number of pyridine rings is 1. The number of aromatic nitrogens is 1. The Hall–Kier alpha value is -0.840. The molecular weight excluding hydrogens is 238 g/mol. The molecule has 1 aliphatic heterocycles. The molecule has 0 spiro atoms. The molecule has 0 bridgehead atoms. The minimum Gasteiger partial charge on any atom is -0.381 e. The van der Waals surface area contributed by atoms with Crippen LogP contribution in [0.2, 0.25) is 5.02 Å². The van der Waals surface area contributed by atoms with Gasteiger partial charge in [0.2, 0.25) is 0 Å². The smallest absolute Gasteiger partial charge is 0.128 e. The van der Waals surface area contributed by atoms with Crippen molar-refractivity contribution in [2.24, 2.45) is 5.73 Å². The van der Waals surface area contributed by atoms with Gasteiger partial charge in [0.1, 0.15) is 5.82 Å². The zero-order valence-electron chi connectivity index (χ0n) is 10.0. The molecule has 0 aromatic carbocycles. The largest absolute Gasteiger partial charge is 0.381 e. The highest BCUT2D eigenvalue weighted by Gasteiger charge is 2.20. The third kappa shape index (κ3) is 2.89. The third-order valence-corrected chi connectivity index (χ3v) is 3.54. The summed E-state index contributed by atoms with van der Waals surface area (Å²) in [4.78, 5) is 6.75. The SMILES string of the molecule is COC1CCN(c2ccc(Cl)c(CN)n2)CC1. The molecule has 0 radical (unpaired) electrons. The lowest BCUT2D eigenvalue weighted by Crippen LogP contribution is -2.37. The lowest BCUT2D eigenvalue weighted by atomic mass is 10.1. The van der Waals surface area contributed by atoms with Crippen LogP contribution in [0.4, 0.5) is 5.82 Å². The van der Waals surface area contributed by atoms with Crippen LogP contribution in [-0.4, -0.2) is 31.3 Å². The van der Waals surface area contributed by atoms with Gasteiger partial charge in [0, 0.05) is 26.7 Å². The summed E-state index contributed by atoms with van der Waals surface area (Å²) >= 11 is 6.00. The van der Waals surface area contributed by atoms with Crippen LogP contribution in [0.3, 0.4) is 0 Å². The third-order valence-electron chi connectivity index (χ3n) is 3.20. The second kappa shape index (κ2) is 5.67. The number of nitrogens with two attached hydrogens (primary N) is 1. The average Bonchev–Trinajstić information content (AvgIpc) is 2.39. The van der Waals surface area contributed by atoms with Gasteiger partial charge in [-0.15, -0.1) is 0 Å². The van der Waals surface area contributed by atoms with Gasteiger partial charge in [0.05, 0.1) is 16.8 Å². The molecule has 2 heterocycles. The molecule has 0 atom stereocenters. The Bertz CT molecular complexity index is 378. The van der Waals surface area contributed by atoms with E-state index in [-0.39, 0.29) is 0 Å². The standard InChI is InChI=1S/C12H18ClN3O/c1-17-9-4-6-16(7-5-9)12-3-2-10(13)11(8-14)15-12/h2-3,9H,4-8,14H2,1H3. The Morgan fingerprint density at radius 3 is 2.76 bits per heavy atom. The van der Waals surface area contributed by atoms with Gasteiger partial charge in [-0.3, -0.25) is 0 Å². The van der Waals surface area contributed by atoms with Crippen molar-refractivity contribution >= 4 is 17.4 Å². The van der Waals surface area contributed by atoms with Crippen molar-refractivity contribution < 1.29 is 4.74 Å². The lowest BCUT2D eigenvalue weighted by molar-refractivity contribution is 0.0818. The van der Waals surface area contributed by atoms with Crippen LogP contribution in [0.15, 0.2) is 12.1 Å². The van der Waals surface area contributed by atoms with Crippen molar-refractivity contribution in [1.29, 1.82) is 0 Å². The van der Waals surface area contributed by atoms with Gasteiger partial charge >= 0.3 is 0 Å². The van der Waals surface area contributed by atoms with Crippen LogP contribution in [0, 0.1) is 0 Å². The van der Waals surface area contributed by atoms with E-state index in [9.17, 15) is 0 Å². The first-order valence-corrected chi connectivity index (χ1v) is 6.25. The number of piperidine rings is 1. The summed E-state index contributed by atoms with van der Waals surface area (Å²) in [5, 5.41) is 0.642. The molecule has 1 saturated heterocycles. The number of nitrogens with zero attached hydrogens (tertiary/aromatic N) is 2. The molecule has 0 amide bonds. The van der Waals surface area contributed by atoms with E-state index in [1.807, 2.05) is 12.1 Å². The zero-order chi connectivity index (χ0) is 12.3. The van der Waals surface area contributed by atoms with Gasteiger partial charge in [0.15, 0.2) is 0 Å². The molecular formula is C12H18ClN3O. The Balaban J connectivity index is 2.08. The van der Waals surface area contributed by atoms with E-state index < -0.39 is 0 Å². The number of hydrogen-bond donors (Lipinski definition) is 1. The Labute approximate surface area is 107 Å². The first kappa shape index (κ1) is 12.6. The monoisotopic (exact) mass is 255 g/mol. The van der Waals surface area contributed by atoms with Gasteiger partial charge in [-0.05, 0) is 25.0 Å². The van der Waals surface area contributed by atoms with Crippen LogP contribution >= 0.6 is 11.6 Å². The molecule has 2 N–H and O–H groups in total. The van der Waals surface area contributed by atoms with Crippen molar-refractivity contribution in [3.8, 4) is 0 Å². The normalized spacial score (nSPS) is 17.5. The van der Waals surface area contributed by atoms with Crippen LogP contribution < -0.4 is 10.6 Å². The maximum absolute atomic E-state index is 6.00. The summed E-state index contributed by atoms with van der Waals surface area (Å²) in [7, 11) is 1.77. The minimum atomic E-state index is 0.376. The quantitative estimate of drug-likeness (QED) is 0.895. The molecule has 1 aromatic heterocycles. The maximum atomic E-state index is 6.00. The van der Waals surface area contributed by atoms with E-state index in [1.54, 1.807) is 7.11 Å². The maximum Gasteiger partial charge on any atom is 0.128 e. The van der Waals surface area contributed by atoms with Crippen molar-refractivity contribution in [1.82, 2.24) is 4.98 Å². The van der Waals surface area contributed by atoms with E-state index in [1.165, 1.54) is 0 Å². The molecule has 4 nitrogen and oxygen atoms in total. The molecule has 2 rings (SSSR count). The summed E-state index contributed by atoms with van der Waals surface area (Å²) < 4.78 is 5.35. The predicted molar refractivity (Wildman–Crippen MR) is 69.4 cm³/mol. The van der Waals surface area contributed by atoms with Gasteiger partial charge in [-0.2, -0.15) is 0 Å². The first-order valence-electron chi connectivity index (χ1n) is 5.88. The van der Waals surface area contributed by atoms with Gasteiger partial charge in [-0.1, -0.05) is 11.6 Å². The van der Waals surface area contributed by atoms with Gasteiger partial charge < -0.3 is 15.4 Å². The summed E-state index contributed by atoms with van der Waals surface area (Å²) in [5.74, 6) is 0.962. The summed E-state index contributed by atoms with van der Waals surface area (Å²) in [6.07, 6.45) is 2.46. The van der Waals surface area contributed by atoms with Crippen LogP contribution in [0.1, 0.15) is 18.5 Å². The van der Waals surface area contributed by atoms with E-state index >= 15 is 0 Å². The number of halogens is 1. The molecule has 5 heteroatoms. The van der Waals surface area contributed by atoms with Crippen LogP contribution in [-0.2, 0) is 11.3 Å². The number of ether oxygens (including phenoxy) is 1. The molecule has 1 fully saturated rings. The Morgan fingerprint density at radius 1 is 1.47 bits per heavy atom. The minimum absolute atomic E-state index is 0.376. The molecule has 0 unspecified atom stereocenters. The summed E-state index contributed by atoms with van der Waals surface area (Å²) in [6, 6.07) is 3.82. The highest BCUT2D eigenvalue weighted by molar-refractivity contribution is 6.31. The number of hydrogen-bond acceptors (Lipinski definition) is 4. The topological polar surface area (TPSA) is 51.4 Å². The number of rotatable bonds is 3. The summed E-state index contributed by atoms with van der Waals surface area (Å²) in [5.41, 5.74) is 6.37. The fourth-order valence-corrected chi connectivity index (χ4v) is 2.30. The first-order chi connectivity index (χ1) is 8.24. The van der Waals surface area contributed by atoms with Gasteiger partial charge in [0.25, 0.3) is 0 Å². The molecule has 0 aliphatic carbocycles. The second-order valence-corrected chi connectivity index (χ2v) is 4.63. The average molecular weight is 256 g/mol. The van der Waals surface area contributed by atoms with E-state index in [0.29, 0.717) is 17.7 Å². The Morgan fingerprint density at radius 2 is 2.18 bits per heavy atom. The van der Waals surface area contributed by atoms with Crippen molar-refractivity contribution in [3.05, 3.63) is 22.8 Å². The van der Waals surface area contributed by atoms with Crippen molar-refractivity contribution in [3.63, 3.8) is 0 Å². The van der Waals surface area contributed by atoms with E-state index in [2.05, 4.69) is 9.88 Å². The fourth-order valence-electron chi connectivity index (χ4n) is 2.11. The molecule has 17 heavy (non-hydrogen) atoms. The molecule has 94 valence electrons. The van der Waals surface area contributed by atoms with E-state index in [4.69, 9.17) is 22.1 Å². The van der Waals surface area contributed by atoms with Crippen LogP contribution in [0.25, 0.3) is 0 Å².